The van der Waals surface area contributed by atoms with E-state index < -0.39 is 21.7 Å². The molecule has 0 bridgehead atoms. The van der Waals surface area contributed by atoms with Crippen LogP contribution in [0.25, 0.3) is 0 Å². The third-order valence-corrected chi connectivity index (χ3v) is 7.07. The molecule has 8 heteroatoms. The van der Waals surface area contributed by atoms with Gasteiger partial charge in [0.25, 0.3) is 0 Å². The summed E-state index contributed by atoms with van der Waals surface area (Å²) in [5.74, 6) is -0.436. The van der Waals surface area contributed by atoms with Gasteiger partial charge < -0.3 is 0 Å². The fraction of sp³-hybridized carbons (Fsp3) is 0.312. The minimum atomic E-state index is -3.62. The van der Waals surface area contributed by atoms with E-state index in [4.69, 9.17) is 0 Å². The second kappa shape index (κ2) is 7.16. The number of benzene rings is 1. The van der Waals surface area contributed by atoms with Gasteiger partial charge in [-0.25, -0.2) is 17.2 Å². The van der Waals surface area contributed by atoms with Gasteiger partial charge in [-0.15, -0.1) is 0 Å². The summed E-state index contributed by atoms with van der Waals surface area (Å²) >= 11 is 1.45. The Balaban J connectivity index is 1.79. The van der Waals surface area contributed by atoms with Gasteiger partial charge in [0.1, 0.15) is 16.5 Å². The highest BCUT2D eigenvalue weighted by Gasteiger charge is 2.29. The molecular weight excluding hydrogens is 354 g/mol. The van der Waals surface area contributed by atoms with Gasteiger partial charge in [0.05, 0.1) is 0 Å². The van der Waals surface area contributed by atoms with E-state index in [9.17, 15) is 17.2 Å². The number of aromatic nitrogens is 1. The molecule has 0 radical (unpaired) electrons. The summed E-state index contributed by atoms with van der Waals surface area (Å²) < 4.78 is 54.0. The lowest BCUT2D eigenvalue weighted by Crippen LogP contribution is -2.33. The lowest BCUT2D eigenvalue weighted by molar-refractivity contribution is 0.426. The Morgan fingerprint density at radius 1 is 1.21 bits per heavy atom. The Hall–Kier alpha value is -1.51. The molecule has 1 aliphatic rings. The molecule has 2 heterocycles. The van der Waals surface area contributed by atoms with Gasteiger partial charge in [-0.1, -0.05) is 0 Å². The standard InChI is InChI=1S/C16H16F2N2O2S2/c17-12-3-4-15(18)14(10-12)16-5-7-20(8-9-23-16)24(21,22)13-2-1-6-19-11-13/h1-4,6,10-11,16H,5,7-9H2. The van der Waals surface area contributed by atoms with Crippen molar-refractivity contribution >= 4 is 21.8 Å². The van der Waals surface area contributed by atoms with Crippen molar-refractivity contribution < 1.29 is 17.2 Å². The van der Waals surface area contributed by atoms with Crippen LogP contribution in [0.4, 0.5) is 8.78 Å². The molecule has 0 N–H and O–H groups in total. The van der Waals surface area contributed by atoms with Crippen molar-refractivity contribution in [1.29, 1.82) is 0 Å². The van der Waals surface area contributed by atoms with Gasteiger partial charge in [-0.2, -0.15) is 16.1 Å². The lowest BCUT2D eigenvalue weighted by atomic mass is 10.1. The van der Waals surface area contributed by atoms with Crippen LogP contribution in [0.5, 0.6) is 0 Å². The zero-order chi connectivity index (χ0) is 17.2. The molecule has 4 nitrogen and oxygen atoms in total. The first-order valence-electron chi connectivity index (χ1n) is 7.45. The van der Waals surface area contributed by atoms with Crippen LogP contribution in [0.3, 0.4) is 0 Å². The summed E-state index contributed by atoms with van der Waals surface area (Å²) in [6.07, 6.45) is 3.25. The van der Waals surface area contributed by atoms with Crippen LogP contribution in [0.15, 0.2) is 47.6 Å². The number of hydrogen-bond donors (Lipinski definition) is 0. The molecule has 1 unspecified atom stereocenters. The van der Waals surface area contributed by atoms with Crippen molar-refractivity contribution in [3.05, 3.63) is 59.9 Å². The van der Waals surface area contributed by atoms with E-state index in [1.807, 2.05) is 0 Å². The maximum Gasteiger partial charge on any atom is 0.244 e. The maximum absolute atomic E-state index is 14.0. The molecule has 0 amide bonds. The lowest BCUT2D eigenvalue weighted by Gasteiger charge is -2.19. The summed E-state index contributed by atoms with van der Waals surface area (Å²) in [6.45, 7) is 0.584. The smallest absolute Gasteiger partial charge is 0.244 e. The Bertz CT molecular complexity index is 816. The Labute approximate surface area is 144 Å². The Morgan fingerprint density at radius 2 is 2.04 bits per heavy atom. The number of nitrogens with zero attached hydrogens (tertiary/aromatic N) is 2. The fourth-order valence-corrected chi connectivity index (χ4v) is 5.43. The summed E-state index contributed by atoms with van der Waals surface area (Å²) in [4.78, 5) is 3.99. The number of pyridine rings is 1. The zero-order valence-electron chi connectivity index (χ0n) is 12.7. The molecule has 1 saturated heterocycles. The molecule has 0 aliphatic carbocycles. The number of halogens is 2. The molecule has 24 heavy (non-hydrogen) atoms. The fourth-order valence-electron chi connectivity index (χ4n) is 2.65. The van der Waals surface area contributed by atoms with Crippen molar-refractivity contribution in [2.24, 2.45) is 0 Å². The third kappa shape index (κ3) is 3.60. The number of sulfonamides is 1. The monoisotopic (exact) mass is 370 g/mol. The molecule has 128 valence electrons. The van der Waals surface area contributed by atoms with Crippen LogP contribution in [0.1, 0.15) is 17.2 Å². The largest absolute Gasteiger partial charge is 0.263 e. The maximum atomic E-state index is 14.0. The molecule has 1 atom stereocenters. The number of hydrogen-bond acceptors (Lipinski definition) is 4. The van der Waals surface area contributed by atoms with Crippen molar-refractivity contribution in [3.8, 4) is 0 Å². The first-order valence-corrected chi connectivity index (χ1v) is 9.94. The van der Waals surface area contributed by atoms with E-state index in [0.717, 1.165) is 12.1 Å². The molecule has 1 fully saturated rings. The number of rotatable bonds is 3. The predicted octanol–water partition coefficient (Wildman–Crippen LogP) is 3.23. The van der Waals surface area contributed by atoms with Gasteiger partial charge >= 0.3 is 0 Å². The summed E-state index contributed by atoms with van der Waals surface area (Å²) in [7, 11) is -3.62. The highest BCUT2D eigenvalue weighted by atomic mass is 32.2. The van der Waals surface area contributed by atoms with E-state index in [1.165, 1.54) is 40.6 Å². The minimum Gasteiger partial charge on any atom is -0.263 e. The predicted molar refractivity (Wildman–Crippen MR) is 89.2 cm³/mol. The zero-order valence-corrected chi connectivity index (χ0v) is 14.4. The van der Waals surface area contributed by atoms with E-state index in [0.29, 0.717) is 24.3 Å². The van der Waals surface area contributed by atoms with Gasteiger partial charge in [-0.3, -0.25) is 4.98 Å². The van der Waals surface area contributed by atoms with Crippen molar-refractivity contribution in [2.45, 2.75) is 16.6 Å². The van der Waals surface area contributed by atoms with Crippen LogP contribution >= 0.6 is 11.8 Å². The first kappa shape index (κ1) is 17.3. The van der Waals surface area contributed by atoms with Crippen molar-refractivity contribution in [1.82, 2.24) is 9.29 Å². The summed E-state index contributed by atoms with van der Waals surface area (Å²) in [5.41, 5.74) is 0.292. The number of thioether (sulfide) groups is 1. The molecule has 0 saturated carbocycles. The van der Waals surface area contributed by atoms with E-state index >= 15 is 0 Å². The van der Waals surface area contributed by atoms with Gasteiger partial charge in [0, 0.05) is 42.0 Å². The summed E-state index contributed by atoms with van der Waals surface area (Å²) in [5, 5.41) is -0.269. The van der Waals surface area contributed by atoms with Gasteiger partial charge in [0.15, 0.2) is 0 Å². The Kier molecular flexibility index (Phi) is 5.17. The average Bonchev–Trinajstić information content (AvgIpc) is 2.84. The minimum absolute atomic E-state index is 0.144. The quantitative estimate of drug-likeness (QED) is 0.832. The second-order valence-corrected chi connectivity index (χ2v) is 8.66. The molecule has 1 aromatic heterocycles. The van der Waals surface area contributed by atoms with Crippen LogP contribution in [0.2, 0.25) is 0 Å². The van der Waals surface area contributed by atoms with E-state index in [2.05, 4.69) is 4.98 Å². The normalized spacial score (nSPS) is 19.8. The van der Waals surface area contributed by atoms with Crippen LogP contribution < -0.4 is 0 Å². The topological polar surface area (TPSA) is 50.3 Å². The first-order chi connectivity index (χ1) is 11.5. The van der Waals surface area contributed by atoms with Crippen LogP contribution in [-0.4, -0.2) is 36.5 Å². The molecule has 2 aromatic rings. The molecule has 1 aliphatic heterocycles. The highest BCUT2D eigenvalue weighted by molar-refractivity contribution is 7.99. The van der Waals surface area contributed by atoms with Gasteiger partial charge in [0.2, 0.25) is 10.0 Å². The summed E-state index contributed by atoms with van der Waals surface area (Å²) in [6, 6.07) is 6.46. The van der Waals surface area contributed by atoms with E-state index in [-0.39, 0.29) is 16.7 Å². The SMILES string of the molecule is O=S(=O)(c1cccnc1)N1CCSC(c2cc(F)ccc2F)CC1. The molecule has 3 rings (SSSR count). The van der Waals surface area contributed by atoms with Crippen molar-refractivity contribution in [2.75, 3.05) is 18.8 Å². The van der Waals surface area contributed by atoms with Crippen LogP contribution in [0, 0.1) is 11.6 Å². The van der Waals surface area contributed by atoms with Crippen LogP contribution in [-0.2, 0) is 10.0 Å². The third-order valence-electron chi connectivity index (χ3n) is 3.88. The van der Waals surface area contributed by atoms with Gasteiger partial charge in [-0.05, 0) is 36.8 Å². The van der Waals surface area contributed by atoms with Crippen molar-refractivity contribution in [3.63, 3.8) is 0 Å². The molecular formula is C16H16F2N2O2S2. The highest BCUT2D eigenvalue weighted by Crippen LogP contribution is 2.37. The average molecular weight is 370 g/mol. The molecule has 1 aromatic carbocycles. The second-order valence-electron chi connectivity index (χ2n) is 5.41. The molecule has 0 spiro atoms. The van der Waals surface area contributed by atoms with E-state index in [1.54, 1.807) is 6.07 Å². The Morgan fingerprint density at radius 3 is 2.79 bits per heavy atom.